The van der Waals surface area contributed by atoms with Crippen LogP contribution in [0.25, 0.3) is 0 Å². The average Bonchev–Trinajstić information content (AvgIpc) is 3.52. The number of carboxylic acid groups (broad SMARTS) is 3. The number of hydrogen-bond donors (Lipinski definition) is 10. The first-order valence-corrected chi connectivity index (χ1v) is 14.9. The van der Waals surface area contributed by atoms with Gasteiger partial charge in [0.15, 0.2) is 0 Å². The molecule has 1 aliphatic rings. The lowest BCUT2D eigenvalue weighted by Crippen LogP contribution is -2.59. The van der Waals surface area contributed by atoms with Gasteiger partial charge in [0.1, 0.15) is 29.9 Å². The second-order valence-corrected chi connectivity index (χ2v) is 11.2. The summed E-state index contributed by atoms with van der Waals surface area (Å²) in [4.78, 5) is 111. The van der Waals surface area contributed by atoms with Gasteiger partial charge < -0.3 is 58.1 Å². The van der Waals surface area contributed by atoms with Gasteiger partial charge in [-0.25, -0.2) is 4.79 Å². The molecule has 6 amide bonds. The summed E-state index contributed by atoms with van der Waals surface area (Å²) in [5.74, 6) is -10.3. The second kappa shape index (κ2) is 18.5. The van der Waals surface area contributed by atoms with Crippen LogP contribution in [0.15, 0.2) is 24.3 Å². The fourth-order valence-electron chi connectivity index (χ4n) is 4.85. The first-order valence-electron chi connectivity index (χ1n) is 14.9. The summed E-state index contributed by atoms with van der Waals surface area (Å²) in [6.07, 6.45) is -2.18. The Morgan fingerprint density at radius 2 is 1.41 bits per heavy atom. The lowest BCUT2D eigenvalue weighted by Gasteiger charge is -2.29. The van der Waals surface area contributed by atoms with Crippen molar-refractivity contribution >= 4 is 53.4 Å². The summed E-state index contributed by atoms with van der Waals surface area (Å²) >= 11 is 0. The number of primary amides is 1. The molecule has 20 nitrogen and oxygen atoms in total. The van der Waals surface area contributed by atoms with E-state index in [0.29, 0.717) is 12.0 Å². The van der Waals surface area contributed by atoms with Crippen LogP contribution >= 0.6 is 0 Å². The number of benzene rings is 1. The first-order chi connectivity index (χ1) is 23.0. The molecule has 20 heteroatoms. The van der Waals surface area contributed by atoms with Crippen LogP contribution in [0.2, 0.25) is 0 Å². The maximum absolute atomic E-state index is 13.5. The van der Waals surface area contributed by atoms with Gasteiger partial charge in [0.25, 0.3) is 0 Å². The van der Waals surface area contributed by atoms with E-state index in [1.807, 2.05) is 0 Å². The predicted molar refractivity (Wildman–Crippen MR) is 164 cm³/mol. The van der Waals surface area contributed by atoms with Gasteiger partial charge in [-0.1, -0.05) is 12.1 Å². The zero-order chi connectivity index (χ0) is 36.8. The topological polar surface area (TPSA) is 338 Å². The summed E-state index contributed by atoms with van der Waals surface area (Å²) in [6, 6.07) is -2.02. The van der Waals surface area contributed by atoms with E-state index < -0.39 is 109 Å². The molecule has 1 aromatic rings. The average molecular weight is 694 g/mol. The van der Waals surface area contributed by atoms with Gasteiger partial charge in [0.05, 0.1) is 25.4 Å². The Kier molecular flexibility index (Phi) is 14.9. The zero-order valence-corrected chi connectivity index (χ0v) is 26.1. The van der Waals surface area contributed by atoms with Crippen molar-refractivity contribution in [2.75, 3.05) is 13.1 Å². The molecular formula is C29H39N7O13. The molecule has 1 fully saturated rings. The Morgan fingerprint density at radius 3 is 1.96 bits per heavy atom. The number of nitrogens with zero attached hydrogens (tertiary/aromatic N) is 1. The van der Waals surface area contributed by atoms with Gasteiger partial charge in [-0.05, 0) is 37.0 Å². The van der Waals surface area contributed by atoms with Gasteiger partial charge in [-0.15, -0.1) is 0 Å². The predicted octanol–water partition coefficient (Wildman–Crippen LogP) is -3.88. The third kappa shape index (κ3) is 13.1. The number of aromatic hydroxyl groups is 1. The number of carbonyl (C=O) groups is 9. The molecule has 0 saturated carbocycles. The molecule has 0 aliphatic carbocycles. The molecule has 12 N–H and O–H groups in total. The SMILES string of the molecule is NC(=O)C[C@H](NC(=O)CNC(=O)[C@@H](N)CCC(=O)O)C(=O)N[C@@H](CC(=O)O)C(=O)N[C@@H](Cc1ccc(O)cc1)C(=O)N1CCC[C@H]1C(=O)O. The van der Waals surface area contributed by atoms with Crippen LogP contribution in [0.5, 0.6) is 5.75 Å². The Balaban J connectivity index is 2.22. The highest BCUT2D eigenvalue weighted by Crippen LogP contribution is 2.20. The number of aliphatic carboxylic acids is 3. The molecule has 5 atom stereocenters. The van der Waals surface area contributed by atoms with Crippen LogP contribution in [-0.2, 0) is 49.6 Å². The van der Waals surface area contributed by atoms with Gasteiger partial charge >= 0.3 is 17.9 Å². The van der Waals surface area contributed by atoms with Gasteiger partial charge in [0.2, 0.25) is 35.4 Å². The molecular weight excluding hydrogens is 654 g/mol. The van der Waals surface area contributed by atoms with Gasteiger partial charge in [0, 0.05) is 19.4 Å². The van der Waals surface area contributed by atoms with Crippen molar-refractivity contribution in [2.24, 2.45) is 11.5 Å². The maximum Gasteiger partial charge on any atom is 0.326 e. The van der Waals surface area contributed by atoms with Crippen molar-refractivity contribution in [1.29, 1.82) is 0 Å². The molecule has 1 heterocycles. The minimum absolute atomic E-state index is 0.0657. The van der Waals surface area contributed by atoms with E-state index in [2.05, 4.69) is 21.3 Å². The molecule has 49 heavy (non-hydrogen) atoms. The first kappa shape index (κ1) is 39.4. The number of likely N-dealkylation sites (tertiary alicyclic amines) is 1. The van der Waals surface area contributed by atoms with Crippen LogP contribution in [-0.4, -0.2) is 122 Å². The summed E-state index contributed by atoms with van der Waals surface area (Å²) in [5.41, 5.74) is 11.2. The molecule has 1 aliphatic heterocycles. The van der Waals surface area contributed by atoms with Crippen LogP contribution in [0.3, 0.4) is 0 Å². The van der Waals surface area contributed by atoms with E-state index in [1.54, 1.807) is 0 Å². The van der Waals surface area contributed by atoms with Crippen molar-refractivity contribution < 1.29 is 63.6 Å². The minimum atomic E-state index is -1.88. The molecule has 1 aromatic carbocycles. The van der Waals surface area contributed by atoms with E-state index in [-0.39, 0.29) is 31.6 Å². The molecule has 0 aromatic heterocycles. The largest absolute Gasteiger partial charge is 0.508 e. The fourth-order valence-corrected chi connectivity index (χ4v) is 4.85. The molecule has 1 saturated heterocycles. The van der Waals surface area contributed by atoms with E-state index in [1.165, 1.54) is 24.3 Å². The standard InChI is InChI=1S/C29H39N7O13/c30-16(7-8-23(40)41)25(44)32-13-22(39)33-17(11-21(31)38)26(45)34-18(12-24(42)43)27(46)35-19(10-14-3-5-15(37)6-4-14)28(47)36-9-1-2-20(36)29(48)49/h3-6,16-20,37H,1-2,7-13,30H2,(H2,31,38)(H,32,44)(H,33,39)(H,34,45)(H,35,46)(H,40,41)(H,42,43)(H,48,49)/t16-,17-,18-,19-,20-/m0/s1. The quantitative estimate of drug-likeness (QED) is 0.0663. The van der Waals surface area contributed by atoms with E-state index in [4.69, 9.17) is 16.6 Å². The van der Waals surface area contributed by atoms with E-state index >= 15 is 0 Å². The number of nitrogens with one attached hydrogen (secondary N) is 4. The lowest BCUT2D eigenvalue weighted by atomic mass is 10.0. The van der Waals surface area contributed by atoms with Crippen molar-refractivity contribution in [2.45, 2.75) is 75.2 Å². The summed E-state index contributed by atoms with van der Waals surface area (Å²) < 4.78 is 0. The van der Waals surface area contributed by atoms with Crippen LogP contribution < -0.4 is 32.7 Å². The van der Waals surface area contributed by atoms with Gasteiger partial charge in [-0.2, -0.15) is 0 Å². The number of hydrogen-bond acceptors (Lipinski definition) is 11. The molecule has 0 bridgehead atoms. The molecule has 2 rings (SSSR count). The maximum atomic E-state index is 13.5. The number of carboxylic acids is 3. The van der Waals surface area contributed by atoms with Crippen molar-refractivity contribution in [3.8, 4) is 5.75 Å². The number of phenols is 1. The number of phenolic OH excluding ortho intramolecular Hbond substituents is 1. The highest BCUT2D eigenvalue weighted by atomic mass is 16.4. The highest BCUT2D eigenvalue weighted by Gasteiger charge is 2.39. The second-order valence-electron chi connectivity index (χ2n) is 11.2. The monoisotopic (exact) mass is 693 g/mol. The summed E-state index contributed by atoms with van der Waals surface area (Å²) in [6.45, 7) is -0.702. The normalized spacial score (nSPS) is 16.3. The van der Waals surface area contributed by atoms with Crippen LogP contribution in [0.1, 0.15) is 44.1 Å². The number of rotatable bonds is 19. The third-order valence-electron chi connectivity index (χ3n) is 7.31. The Hall–Kier alpha value is -5.79. The number of nitrogens with two attached hydrogens (primary N) is 2. The fraction of sp³-hybridized carbons (Fsp3) is 0.483. The molecule has 0 unspecified atom stereocenters. The molecule has 268 valence electrons. The summed E-state index contributed by atoms with van der Waals surface area (Å²) in [5, 5.41) is 46.1. The number of amides is 6. The number of carbonyl (C=O) groups excluding carboxylic acids is 6. The zero-order valence-electron chi connectivity index (χ0n) is 26.1. The van der Waals surface area contributed by atoms with Crippen LogP contribution in [0.4, 0.5) is 0 Å². The highest BCUT2D eigenvalue weighted by molar-refractivity contribution is 5.98. The van der Waals surface area contributed by atoms with Crippen LogP contribution in [0, 0.1) is 0 Å². The lowest BCUT2D eigenvalue weighted by molar-refractivity contribution is -0.149. The smallest absolute Gasteiger partial charge is 0.326 e. The molecule has 0 radical (unpaired) electrons. The van der Waals surface area contributed by atoms with E-state index in [0.717, 1.165) is 4.90 Å². The van der Waals surface area contributed by atoms with Crippen molar-refractivity contribution in [3.63, 3.8) is 0 Å². The molecule has 0 spiro atoms. The Bertz CT molecular complexity index is 1440. The summed E-state index contributed by atoms with van der Waals surface area (Å²) in [7, 11) is 0. The van der Waals surface area contributed by atoms with Crippen molar-refractivity contribution in [1.82, 2.24) is 26.2 Å². The van der Waals surface area contributed by atoms with Crippen molar-refractivity contribution in [3.05, 3.63) is 29.8 Å². The van der Waals surface area contributed by atoms with E-state index in [9.17, 15) is 58.5 Å². The minimum Gasteiger partial charge on any atom is -0.508 e. The third-order valence-corrected chi connectivity index (χ3v) is 7.31. The Labute approximate surface area is 278 Å². The van der Waals surface area contributed by atoms with Gasteiger partial charge in [-0.3, -0.25) is 38.4 Å². The Morgan fingerprint density at radius 1 is 0.816 bits per heavy atom.